The Morgan fingerprint density at radius 1 is 0.787 bits per heavy atom. The number of phenolic OH excluding ortho intramolecular Hbond substituents is 1. The fourth-order valence-corrected chi connectivity index (χ4v) is 8.72. The first-order valence-corrected chi connectivity index (χ1v) is 21.4. The van der Waals surface area contributed by atoms with E-state index in [9.17, 15) is 24.6 Å². The number of phenols is 1. The van der Waals surface area contributed by atoms with E-state index in [0.717, 1.165) is 67.6 Å². The molecule has 0 aliphatic carbocycles. The van der Waals surface area contributed by atoms with E-state index in [-0.39, 0.29) is 23.2 Å². The van der Waals surface area contributed by atoms with Crippen molar-refractivity contribution in [1.82, 2.24) is 25.1 Å². The van der Waals surface area contributed by atoms with Crippen LogP contribution in [0.25, 0.3) is 22.0 Å². The van der Waals surface area contributed by atoms with E-state index in [4.69, 9.17) is 4.74 Å². The van der Waals surface area contributed by atoms with Crippen LogP contribution in [0.2, 0.25) is 0 Å². The zero-order valence-electron chi connectivity index (χ0n) is 34.3. The molecule has 6 aromatic rings. The van der Waals surface area contributed by atoms with Crippen molar-refractivity contribution in [2.75, 3.05) is 45.9 Å². The number of ether oxygens (including phenoxy) is 1. The fraction of sp³-hybridized carbons (Fsp3) is 0.320. The van der Waals surface area contributed by atoms with Crippen LogP contribution in [-0.4, -0.2) is 87.7 Å². The van der Waals surface area contributed by atoms with Crippen LogP contribution in [0, 0.1) is 11.8 Å². The molecule has 4 aromatic carbocycles. The fourth-order valence-electron chi connectivity index (χ4n) is 8.72. The molecular weight excluding hydrogens is 767 g/mol. The summed E-state index contributed by atoms with van der Waals surface area (Å²) in [6.45, 7) is 5.54. The number of aliphatic hydroxyl groups excluding tert-OH is 1. The molecule has 11 nitrogen and oxygen atoms in total. The zero-order valence-corrected chi connectivity index (χ0v) is 34.3. The Labute approximate surface area is 356 Å². The van der Waals surface area contributed by atoms with E-state index >= 15 is 0 Å². The van der Waals surface area contributed by atoms with Crippen molar-refractivity contribution in [3.8, 4) is 16.9 Å². The van der Waals surface area contributed by atoms with Gasteiger partial charge in [0, 0.05) is 49.4 Å². The highest BCUT2D eigenvalue weighted by molar-refractivity contribution is 5.93. The number of benzene rings is 4. The standard InChI is InChI=1S/C50H53N5O6/c56-44-18-15-41(42-16-19-46(58)53-48(42)44)45(57)31-51-29-34-22-26-55(27-23-34)49(59)43-17-14-40(30-52-43)38-12-7-13-39(28-38)47(37-10-5-2-6-11-37)50(60)61-33-36-20-24-54(25-21-36)32-35-8-3-1-4-9-35/h1-19,28,30,34,36,45,47,51,56-57H,20-27,29,31-33H2,(H,53,58). The molecule has 0 spiro atoms. The first-order valence-electron chi connectivity index (χ1n) is 21.4. The summed E-state index contributed by atoms with van der Waals surface area (Å²) in [5.74, 6) is -0.312. The van der Waals surface area contributed by atoms with Gasteiger partial charge in [0.15, 0.2) is 0 Å². The molecule has 0 radical (unpaired) electrons. The minimum atomic E-state index is -0.830. The molecule has 2 atom stereocenters. The van der Waals surface area contributed by atoms with E-state index in [1.165, 1.54) is 17.7 Å². The molecule has 2 fully saturated rings. The van der Waals surface area contributed by atoms with Crippen LogP contribution in [0.15, 0.2) is 132 Å². The number of carbonyl (C=O) groups excluding carboxylic acids is 2. The molecule has 2 aromatic heterocycles. The van der Waals surface area contributed by atoms with E-state index in [1.807, 2.05) is 71.6 Å². The SMILES string of the molecule is O=C(OCC1CCN(Cc2ccccc2)CC1)C(c1ccccc1)c1cccc(-c2ccc(C(=O)N3CCC(CNCC(O)c4ccc(O)c5[nH]c(=O)ccc45)CC3)nc2)c1. The number of H-pyrrole nitrogens is 1. The highest BCUT2D eigenvalue weighted by Gasteiger charge is 2.28. The Bertz CT molecular complexity index is 2460. The van der Waals surface area contributed by atoms with Gasteiger partial charge in [-0.15, -0.1) is 0 Å². The monoisotopic (exact) mass is 819 g/mol. The molecule has 1 amide bonds. The minimum Gasteiger partial charge on any atom is -0.506 e. The van der Waals surface area contributed by atoms with Crippen molar-refractivity contribution >= 4 is 22.8 Å². The minimum absolute atomic E-state index is 0.0426. The molecule has 0 bridgehead atoms. The van der Waals surface area contributed by atoms with Crippen molar-refractivity contribution in [3.05, 3.63) is 166 Å². The molecule has 2 unspecified atom stereocenters. The molecule has 2 aliphatic rings. The van der Waals surface area contributed by atoms with Crippen LogP contribution in [0.1, 0.15) is 70.4 Å². The average Bonchev–Trinajstić information content (AvgIpc) is 3.30. The maximum absolute atomic E-state index is 13.9. The third-order valence-corrected chi connectivity index (χ3v) is 12.3. The highest BCUT2D eigenvalue weighted by Crippen LogP contribution is 2.32. The van der Waals surface area contributed by atoms with Crippen LogP contribution in [0.4, 0.5) is 0 Å². The van der Waals surface area contributed by atoms with Crippen LogP contribution in [0.5, 0.6) is 5.75 Å². The number of carbonyl (C=O) groups is 2. The van der Waals surface area contributed by atoms with E-state index in [1.54, 1.807) is 24.4 Å². The van der Waals surface area contributed by atoms with Crippen LogP contribution < -0.4 is 10.9 Å². The second kappa shape index (κ2) is 19.5. The van der Waals surface area contributed by atoms with Crippen molar-refractivity contribution in [3.63, 3.8) is 0 Å². The third kappa shape index (κ3) is 10.3. The van der Waals surface area contributed by atoms with Gasteiger partial charge in [0.25, 0.3) is 5.91 Å². The number of amides is 1. The third-order valence-electron chi connectivity index (χ3n) is 12.3. The molecule has 8 rings (SSSR count). The topological polar surface area (TPSA) is 148 Å². The molecule has 4 heterocycles. The lowest BCUT2D eigenvalue weighted by Crippen LogP contribution is -2.41. The first kappa shape index (κ1) is 41.6. The maximum Gasteiger partial charge on any atom is 0.317 e. The molecule has 2 aliphatic heterocycles. The van der Waals surface area contributed by atoms with Gasteiger partial charge in [-0.05, 0) is 109 Å². The number of aromatic nitrogens is 2. The molecule has 4 N–H and O–H groups in total. The number of piperidine rings is 2. The number of rotatable bonds is 14. The number of nitrogens with zero attached hydrogens (tertiary/aromatic N) is 3. The summed E-state index contributed by atoms with van der Waals surface area (Å²) in [6, 6.07) is 38.1. The Balaban J connectivity index is 0.835. The molecule has 2 saturated heterocycles. The normalized spacial score (nSPS) is 16.3. The summed E-state index contributed by atoms with van der Waals surface area (Å²) in [5.41, 5.74) is 5.77. The maximum atomic E-state index is 13.9. The quantitative estimate of drug-likeness (QED) is 0.0849. The number of hydrogen-bond donors (Lipinski definition) is 4. The number of aromatic amines is 1. The number of fused-ring (bicyclic) bond motifs is 1. The summed E-state index contributed by atoms with van der Waals surface area (Å²) in [7, 11) is 0. The van der Waals surface area contributed by atoms with Gasteiger partial charge in [0.05, 0.1) is 18.2 Å². The molecular formula is C50H53N5O6. The summed E-state index contributed by atoms with van der Waals surface area (Å²) in [6.07, 6.45) is 4.53. The molecule has 314 valence electrons. The van der Waals surface area contributed by atoms with Crippen molar-refractivity contribution < 1.29 is 24.5 Å². The lowest BCUT2D eigenvalue weighted by atomic mass is 9.89. The van der Waals surface area contributed by atoms with Gasteiger partial charge in [-0.1, -0.05) is 91.0 Å². The van der Waals surface area contributed by atoms with Gasteiger partial charge in [-0.3, -0.25) is 24.3 Å². The Hall–Kier alpha value is -6.14. The summed E-state index contributed by atoms with van der Waals surface area (Å²) < 4.78 is 6.08. The van der Waals surface area contributed by atoms with Gasteiger partial charge in [0.2, 0.25) is 5.56 Å². The number of esters is 1. The van der Waals surface area contributed by atoms with Gasteiger partial charge < -0.3 is 30.2 Å². The van der Waals surface area contributed by atoms with Gasteiger partial charge in [-0.2, -0.15) is 0 Å². The molecule has 61 heavy (non-hydrogen) atoms. The van der Waals surface area contributed by atoms with Gasteiger partial charge >= 0.3 is 5.97 Å². The van der Waals surface area contributed by atoms with Gasteiger partial charge in [-0.25, -0.2) is 0 Å². The second-order valence-electron chi connectivity index (χ2n) is 16.4. The largest absolute Gasteiger partial charge is 0.506 e. The number of aromatic hydroxyl groups is 1. The number of hydrogen-bond acceptors (Lipinski definition) is 9. The Morgan fingerprint density at radius 3 is 2.25 bits per heavy atom. The van der Waals surface area contributed by atoms with Crippen molar-refractivity contribution in [2.45, 2.75) is 44.2 Å². The Morgan fingerprint density at radius 2 is 1.51 bits per heavy atom. The smallest absolute Gasteiger partial charge is 0.317 e. The predicted molar refractivity (Wildman–Crippen MR) is 236 cm³/mol. The summed E-state index contributed by atoms with van der Waals surface area (Å²) in [4.78, 5) is 50.7. The summed E-state index contributed by atoms with van der Waals surface area (Å²) in [5, 5.41) is 25.1. The van der Waals surface area contributed by atoms with Crippen LogP contribution in [-0.2, 0) is 16.1 Å². The van der Waals surface area contributed by atoms with E-state index in [2.05, 4.69) is 44.5 Å². The lowest BCUT2D eigenvalue weighted by molar-refractivity contribution is -0.146. The van der Waals surface area contributed by atoms with Crippen LogP contribution in [0.3, 0.4) is 0 Å². The number of nitrogens with one attached hydrogen (secondary N) is 2. The molecule has 0 saturated carbocycles. The van der Waals surface area contributed by atoms with Crippen molar-refractivity contribution in [1.29, 1.82) is 0 Å². The van der Waals surface area contributed by atoms with Crippen molar-refractivity contribution in [2.24, 2.45) is 11.8 Å². The zero-order chi connectivity index (χ0) is 42.1. The predicted octanol–water partition coefficient (Wildman–Crippen LogP) is 7.06. The lowest BCUT2D eigenvalue weighted by Gasteiger charge is -2.32. The Kier molecular flexibility index (Phi) is 13.3. The molecule has 11 heteroatoms. The average molecular weight is 820 g/mol. The van der Waals surface area contributed by atoms with E-state index in [0.29, 0.717) is 66.8 Å². The number of likely N-dealkylation sites (tertiary alicyclic amines) is 2. The summed E-state index contributed by atoms with van der Waals surface area (Å²) >= 11 is 0. The van der Waals surface area contributed by atoms with Gasteiger partial charge in [0.1, 0.15) is 17.4 Å². The van der Waals surface area contributed by atoms with E-state index < -0.39 is 12.0 Å². The van der Waals surface area contributed by atoms with Crippen LogP contribution >= 0.6 is 0 Å². The highest BCUT2D eigenvalue weighted by atomic mass is 16.5. The number of pyridine rings is 2. The first-order chi connectivity index (χ1) is 29.8. The number of aliphatic hydroxyl groups is 1. The second-order valence-corrected chi connectivity index (χ2v) is 16.4.